The number of alkyl halides is 3. The van der Waals surface area contributed by atoms with E-state index >= 15 is 0 Å². The summed E-state index contributed by atoms with van der Waals surface area (Å²) in [5.41, 5.74) is 0. The number of hydrogen-bond acceptors (Lipinski definition) is 5. The van der Waals surface area contributed by atoms with Crippen molar-refractivity contribution < 1.29 is 32.3 Å². The predicted molar refractivity (Wildman–Crippen MR) is 76.4 cm³/mol. The average molecular weight is 360 g/mol. The van der Waals surface area contributed by atoms with Crippen molar-refractivity contribution in [2.75, 3.05) is 13.1 Å². The van der Waals surface area contributed by atoms with Crippen molar-refractivity contribution in [3.8, 4) is 10.8 Å². The number of nitrogens with zero attached hydrogens (tertiary/aromatic N) is 2. The molecule has 1 aliphatic heterocycles. The lowest BCUT2D eigenvalue weighted by Crippen LogP contribution is -2.34. The van der Waals surface area contributed by atoms with Crippen molar-refractivity contribution in [1.82, 2.24) is 9.88 Å². The number of rotatable bonds is 3. The first-order chi connectivity index (χ1) is 11.3. The second kappa shape index (κ2) is 5.93. The maximum Gasteiger partial charge on any atom is 0.394 e. The Morgan fingerprint density at radius 2 is 2.12 bits per heavy atom. The molecule has 0 aliphatic carbocycles. The van der Waals surface area contributed by atoms with Gasteiger partial charge in [0.25, 0.3) is 5.91 Å². The highest BCUT2D eigenvalue weighted by Crippen LogP contribution is 2.38. The van der Waals surface area contributed by atoms with Crippen LogP contribution >= 0.6 is 11.3 Å². The summed E-state index contributed by atoms with van der Waals surface area (Å²) in [6.45, 7) is -1.15. The summed E-state index contributed by atoms with van der Waals surface area (Å²) < 4.78 is 44.1. The SMILES string of the molecule is O=C(O)[C@@H]1CN(C(=O)c2cnc(-c3ccco3)s2)C[C@H]1C(F)(F)F. The number of carboxylic acid groups (broad SMARTS) is 1. The number of carbonyl (C=O) groups is 2. The monoisotopic (exact) mass is 360 g/mol. The highest BCUT2D eigenvalue weighted by atomic mass is 32.1. The van der Waals surface area contributed by atoms with Crippen LogP contribution in [0.2, 0.25) is 0 Å². The standard InChI is InChI=1S/C14H11F3N2O4S/c15-14(16,17)8-6-19(5-7(8)13(21)22)12(20)10-4-18-11(24-10)9-2-1-3-23-9/h1-4,7-8H,5-6H2,(H,21,22)/t7-,8-/m1/s1. The molecule has 2 aromatic heterocycles. The van der Waals surface area contributed by atoms with Crippen LogP contribution in [0, 0.1) is 11.8 Å². The molecule has 128 valence electrons. The number of furan rings is 1. The number of carbonyl (C=O) groups excluding carboxylic acids is 1. The summed E-state index contributed by atoms with van der Waals surface area (Å²) in [5, 5.41) is 9.41. The van der Waals surface area contributed by atoms with E-state index in [-0.39, 0.29) is 4.88 Å². The molecule has 0 unspecified atom stereocenters. The lowest BCUT2D eigenvalue weighted by molar-refractivity contribution is -0.187. The van der Waals surface area contributed by atoms with Crippen LogP contribution in [0.4, 0.5) is 13.2 Å². The van der Waals surface area contributed by atoms with Gasteiger partial charge in [-0.05, 0) is 12.1 Å². The van der Waals surface area contributed by atoms with E-state index in [2.05, 4.69) is 4.98 Å². The van der Waals surface area contributed by atoms with Crippen molar-refractivity contribution in [2.24, 2.45) is 11.8 Å². The van der Waals surface area contributed by atoms with Crippen LogP contribution in [0.25, 0.3) is 10.8 Å². The Bertz CT molecular complexity index is 756. The normalized spacial score (nSPS) is 21.2. The molecule has 1 aliphatic rings. The largest absolute Gasteiger partial charge is 0.481 e. The Morgan fingerprint density at radius 1 is 1.38 bits per heavy atom. The lowest BCUT2D eigenvalue weighted by atomic mass is 9.96. The van der Waals surface area contributed by atoms with Crippen molar-refractivity contribution >= 4 is 23.2 Å². The first-order valence-corrected chi connectivity index (χ1v) is 7.67. The van der Waals surface area contributed by atoms with Gasteiger partial charge in [-0.25, -0.2) is 4.98 Å². The average Bonchev–Trinajstić information content (AvgIpc) is 3.23. The molecule has 0 radical (unpaired) electrons. The molecule has 0 aromatic carbocycles. The van der Waals surface area contributed by atoms with Gasteiger partial charge in [0.2, 0.25) is 0 Å². The minimum Gasteiger partial charge on any atom is -0.481 e. The van der Waals surface area contributed by atoms with E-state index in [4.69, 9.17) is 9.52 Å². The van der Waals surface area contributed by atoms with E-state index in [0.717, 1.165) is 16.2 Å². The fourth-order valence-corrected chi connectivity index (χ4v) is 3.45. The molecule has 2 aromatic rings. The van der Waals surface area contributed by atoms with Gasteiger partial charge in [-0.2, -0.15) is 13.2 Å². The molecule has 0 bridgehead atoms. The number of amides is 1. The van der Waals surface area contributed by atoms with Gasteiger partial charge in [-0.3, -0.25) is 9.59 Å². The van der Waals surface area contributed by atoms with Crippen LogP contribution in [-0.4, -0.2) is 46.1 Å². The summed E-state index contributed by atoms with van der Waals surface area (Å²) in [6, 6.07) is 3.28. The third-order valence-electron chi connectivity index (χ3n) is 3.79. The molecule has 1 N–H and O–H groups in total. The number of aliphatic carboxylic acids is 1. The number of hydrogen-bond donors (Lipinski definition) is 1. The molecule has 0 spiro atoms. The van der Waals surface area contributed by atoms with Crippen LogP contribution in [0.3, 0.4) is 0 Å². The first kappa shape index (κ1) is 16.5. The molecular weight excluding hydrogens is 349 g/mol. The van der Waals surface area contributed by atoms with Crippen LogP contribution in [0.1, 0.15) is 9.67 Å². The van der Waals surface area contributed by atoms with E-state index in [1.165, 1.54) is 12.5 Å². The Morgan fingerprint density at radius 3 is 2.67 bits per heavy atom. The summed E-state index contributed by atoms with van der Waals surface area (Å²) in [7, 11) is 0. The number of likely N-dealkylation sites (tertiary alicyclic amines) is 1. The highest BCUT2D eigenvalue weighted by Gasteiger charge is 2.53. The predicted octanol–water partition coefficient (Wildman–Crippen LogP) is 2.74. The van der Waals surface area contributed by atoms with Crippen molar-refractivity contribution in [3.05, 3.63) is 29.5 Å². The zero-order chi connectivity index (χ0) is 17.5. The Kier molecular flexibility index (Phi) is 4.08. The quantitative estimate of drug-likeness (QED) is 0.910. The van der Waals surface area contributed by atoms with Crippen LogP contribution in [-0.2, 0) is 4.79 Å². The second-order valence-electron chi connectivity index (χ2n) is 5.31. The molecule has 3 rings (SSSR count). The Balaban J connectivity index is 1.80. The first-order valence-electron chi connectivity index (χ1n) is 6.86. The topological polar surface area (TPSA) is 83.6 Å². The Hall–Kier alpha value is -2.36. The van der Waals surface area contributed by atoms with Crippen LogP contribution in [0.5, 0.6) is 0 Å². The van der Waals surface area contributed by atoms with Gasteiger partial charge in [0.05, 0.1) is 24.3 Å². The molecule has 0 saturated carbocycles. The van der Waals surface area contributed by atoms with Gasteiger partial charge in [-0.1, -0.05) is 0 Å². The molecule has 1 saturated heterocycles. The van der Waals surface area contributed by atoms with E-state index in [1.54, 1.807) is 12.1 Å². The fraction of sp³-hybridized carbons (Fsp3) is 0.357. The zero-order valence-electron chi connectivity index (χ0n) is 12.0. The van der Waals surface area contributed by atoms with Gasteiger partial charge >= 0.3 is 12.1 Å². The number of aromatic nitrogens is 1. The molecular formula is C14H11F3N2O4S. The van der Waals surface area contributed by atoms with E-state index in [9.17, 15) is 22.8 Å². The van der Waals surface area contributed by atoms with E-state index in [0.29, 0.717) is 10.8 Å². The maximum absolute atomic E-state index is 13.0. The number of thiazole rings is 1. The third-order valence-corrected chi connectivity index (χ3v) is 4.79. The maximum atomic E-state index is 13.0. The lowest BCUT2D eigenvalue weighted by Gasteiger charge is -2.18. The van der Waals surface area contributed by atoms with Crippen molar-refractivity contribution in [3.63, 3.8) is 0 Å². The van der Waals surface area contributed by atoms with Gasteiger partial charge < -0.3 is 14.4 Å². The zero-order valence-corrected chi connectivity index (χ0v) is 12.8. The number of halogens is 3. The van der Waals surface area contributed by atoms with Crippen molar-refractivity contribution in [1.29, 1.82) is 0 Å². The number of carboxylic acids is 1. The summed E-state index contributed by atoms with van der Waals surface area (Å²) >= 11 is 0.979. The second-order valence-corrected chi connectivity index (χ2v) is 6.34. The minimum atomic E-state index is -4.68. The van der Waals surface area contributed by atoms with Gasteiger partial charge in [0.1, 0.15) is 4.88 Å². The molecule has 3 heterocycles. The summed E-state index contributed by atoms with van der Waals surface area (Å²) in [6.07, 6.45) is -1.99. The van der Waals surface area contributed by atoms with Gasteiger partial charge in [0.15, 0.2) is 10.8 Å². The minimum absolute atomic E-state index is 0.133. The summed E-state index contributed by atoms with van der Waals surface area (Å²) in [4.78, 5) is 28.5. The molecule has 2 atom stereocenters. The van der Waals surface area contributed by atoms with Crippen LogP contribution in [0.15, 0.2) is 29.0 Å². The van der Waals surface area contributed by atoms with Crippen molar-refractivity contribution in [2.45, 2.75) is 6.18 Å². The molecule has 6 nitrogen and oxygen atoms in total. The molecule has 10 heteroatoms. The molecule has 1 amide bonds. The molecule has 24 heavy (non-hydrogen) atoms. The van der Waals surface area contributed by atoms with E-state index < -0.39 is 43.0 Å². The van der Waals surface area contributed by atoms with Gasteiger partial charge in [-0.15, -0.1) is 11.3 Å². The molecule has 1 fully saturated rings. The van der Waals surface area contributed by atoms with E-state index in [1.807, 2.05) is 0 Å². The van der Waals surface area contributed by atoms with Crippen LogP contribution < -0.4 is 0 Å². The van der Waals surface area contributed by atoms with Gasteiger partial charge in [0, 0.05) is 13.1 Å². The Labute approximate surface area is 137 Å². The smallest absolute Gasteiger partial charge is 0.394 e. The summed E-state index contributed by atoms with van der Waals surface area (Å²) in [5.74, 6) is -5.52. The third kappa shape index (κ3) is 3.01. The fourth-order valence-electron chi connectivity index (χ4n) is 2.59. The highest BCUT2D eigenvalue weighted by molar-refractivity contribution is 7.16.